The monoisotopic (exact) mass is 432 g/mol. The Kier molecular flexibility index (Phi) is 6.31. The number of aromatic nitrogens is 3. The second-order valence-electron chi connectivity index (χ2n) is 8.28. The van der Waals surface area contributed by atoms with Crippen molar-refractivity contribution in [3.63, 3.8) is 0 Å². The number of fused-ring (bicyclic) bond motifs is 1. The molecule has 0 unspecified atom stereocenters. The third kappa shape index (κ3) is 4.56. The van der Waals surface area contributed by atoms with Crippen molar-refractivity contribution in [3.05, 3.63) is 58.1 Å². The lowest BCUT2D eigenvalue weighted by Crippen LogP contribution is -2.32. The topological polar surface area (TPSA) is 68.5 Å². The Morgan fingerprint density at radius 1 is 1.37 bits per heavy atom. The molecule has 0 spiro atoms. The molecule has 160 valence electrons. The van der Waals surface area contributed by atoms with E-state index < -0.39 is 5.97 Å². The van der Waals surface area contributed by atoms with Gasteiger partial charge in [-0.25, -0.2) is 14.2 Å². The van der Waals surface area contributed by atoms with Crippen molar-refractivity contribution < 1.29 is 13.9 Å². The van der Waals surface area contributed by atoms with E-state index in [1.807, 2.05) is 6.07 Å². The molecular weight excluding hydrogens is 407 g/mol. The molecule has 0 aliphatic rings. The SMILES string of the molecule is CCOC(=O)c1cnn2c(N[C@@H](C)C(C)(C)C)c(Cc3cccc(F)c3)c(Cl)nc12. The van der Waals surface area contributed by atoms with Crippen LogP contribution in [-0.2, 0) is 11.2 Å². The summed E-state index contributed by atoms with van der Waals surface area (Å²) in [6, 6.07) is 6.38. The smallest absolute Gasteiger partial charge is 0.343 e. The summed E-state index contributed by atoms with van der Waals surface area (Å²) >= 11 is 6.57. The van der Waals surface area contributed by atoms with Crippen molar-refractivity contribution in [2.75, 3.05) is 11.9 Å². The number of anilines is 1. The molecule has 1 N–H and O–H groups in total. The number of hydrogen-bond acceptors (Lipinski definition) is 5. The molecule has 3 aromatic rings. The first-order valence-electron chi connectivity index (χ1n) is 9.86. The maximum atomic E-state index is 13.7. The van der Waals surface area contributed by atoms with E-state index in [0.29, 0.717) is 23.4 Å². The van der Waals surface area contributed by atoms with Gasteiger partial charge >= 0.3 is 5.97 Å². The maximum absolute atomic E-state index is 13.7. The molecule has 8 heteroatoms. The zero-order valence-electron chi connectivity index (χ0n) is 17.8. The lowest BCUT2D eigenvalue weighted by atomic mass is 9.88. The molecular formula is C22H26ClFN4O2. The van der Waals surface area contributed by atoms with E-state index in [0.717, 1.165) is 5.56 Å². The number of esters is 1. The number of rotatable bonds is 6. The van der Waals surface area contributed by atoms with Crippen molar-refractivity contribution in [2.24, 2.45) is 5.41 Å². The predicted molar refractivity (Wildman–Crippen MR) is 116 cm³/mol. The van der Waals surface area contributed by atoms with Crippen LogP contribution < -0.4 is 5.32 Å². The predicted octanol–water partition coefficient (Wildman–Crippen LogP) is 5.14. The molecule has 6 nitrogen and oxygen atoms in total. The van der Waals surface area contributed by atoms with Crippen LogP contribution >= 0.6 is 11.6 Å². The van der Waals surface area contributed by atoms with Gasteiger partial charge in [0.1, 0.15) is 22.4 Å². The highest BCUT2D eigenvalue weighted by Crippen LogP contribution is 2.31. The van der Waals surface area contributed by atoms with Crippen LogP contribution in [0.1, 0.15) is 56.1 Å². The second-order valence-corrected chi connectivity index (χ2v) is 8.64. The number of nitrogens with zero attached hydrogens (tertiary/aromatic N) is 3. The third-order valence-corrected chi connectivity index (χ3v) is 5.42. The van der Waals surface area contributed by atoms with Crippen LogP contribution in [0.5, 0.6) is 0 Å². The molecule has 0 saturated carbocycles. The average Bonchev–Trinajstić information content (AvgIpc) is 3.07. The number of nitrogens with one attached hydrogen (secondary N) is 1. The number of halogens is 2. The van der Waals surface area contributed by atoms with Gasteiger partial charge < -0.3 is 10.1 Å². The average molecular weight is 433 g/mol. The van der Waals surface area contributed by atoms with E-state index in [-0.39, 0.29) is 34.6 Å². The highest BCUT2D eigenvalue weighted by atomic mass is 35.5. The van der Waals surface area contributed by atoms with Gasteiger partial charge in [-0.2, -0.15) is 9.61 Å². The molecule has 1 aromatic carbocycles. The Morgan fingerprint density at radius 3 is 2.73 bits per heavy atom. The summed E-state index contributed by atoms with van der Waals surface area (Å²) in [7, 11) is 0. The van der Waals surface area contributed by atoms with Gasteiger partial charge in [-0.15, -0.1) is 0 Å². The van der Waals surface area contributed by atoms with Gasteiger partial charge in [-0.05, 0) is 37.0 Å². The van der Waals surface area contributed by atoms with Crippen LogP contribution in [0.25, 0.3) is 5.65 Å². The van der Waals surface area contributed by atoms with E-state index in [1.165, 1.54) is 18.3 Å². The Bertz CT molecular complexity index is 1070. The minimum atomic E-state index is -0.510. The van der Waals surface area contributed by atoms with Crippen LogP contribution in [0, 0.1) is 11.2 Å². The fourth-order valence-electron chi connectivity index (χ4n) is 2.93. The first kappa shape index (κ1) is 22.0. The van der Waals surface area contributed by atoms with Crippen molar-refractivity contribution in [1.29, 1.82) is 0 Å². The molecule has 0 aliphatic heterocycles. The molecule has 3 rings (SSSR count). The van der Waals surface area contributed by atoms with Gasteiger partial charge in [-0.3, -0.25) is 0 Å². The van der Waals surface area contributed by atoms with Crippen molar-refractivity contribution in [2.45, 2.75) is 47.1 Å². The summed E-state index contributed by atoms with van der Waals surface area (Å²) < 4.78 is 20.4. The summed E-state index contributed by atoms with van der Waals surface area (Å²) in [4.78, 5) is 16.7. The highest BCUT2D eigenvalue weighted by molar-refractivity contribution is 6.30. The summed E-state index contributed by atoms with van der Waals surface area (Å²) in [5.41, 5.74) is 1.91. The van der Waals surface area contributed by atoms with E-state index >= 15 is 0 Å². The number of carbonyl (C=O) groups is 1. The van der Waals surface area contributed by atoms with Gasteiger partial charge in [0, 0.05) is 18.0 Å². The van der Waals surface area contributed by atoms with Crippen molar-refractivity contribution in [3.8, 4) is 0 Å². The number of carbonyl (C=O) groups excluding carboxylic acids is 1. The van der Waals surface area contributed by atoms with E-state index in [2.05, 4.69) is 43.1 Å². The Labute approximate surface area is 180 Å². The lowest BCUT2D eigenvalue weighted by molar-refractivity contribution is 0.0528. The minimum Gasteiger partial charge on any atom is -0.462 e. The Morgan fingerprint density at radius 2 is 2.10 bits per heavy atom. The van der Waals surface area contributed by atoms with Gasteiger partial charge in [0.15, 0.2) is 5.65 Å². The largest absolute Gasteiger partial charge is 0.462 e. The summed E-state index contributed by atoms with van der Waals surface area (Å²) in [5, 5.41) is 8.08. The molecule has 2 heterocycles. The summed E-state index contributed by atoms with van der Waals surface area (Å²) in [6.45, 7) is 10.4. The zero-order chi connectivity index (χ0) is 22.1. The normalized spacial score (nSPS) is 12.8. The minimum absolute atomic E-state index is 0.0423. The lowest BCUT2D eigenvalue weighted by Gasteiger charge is -2.30. The van der Waals surface area contributed by atoms with E-state index in [4.69, 9.17) is 16.3 Å². The van der Waals surface area contributed by atoms with Crippen LogP contribution in [-0.4, -0.2) is 33.2 Å². The highest BCUT2D eigenvalue weighted by Gasteiger charge is 2.26. The van der Waals surface area contributed by atoms with Crippen LogP contribution in [0.4, 0.5) is 10.2 Å². The molecule has 1 atom stereocenters. The first-order chi connectivity index (χ1) is 14.1. The van der Waals surface area contributed by atoms with Gasteiger partial charge in [-0.1, -0.05) is 44.5 Å². The fraction of sp³-hybridized carbons (Fsp3) is 0.409. The molecule has 0 bridgehead atoms. The van der Waals surface area contributed by atoms with Crippen LogP contribution in [0.15, 0.2) is 30.5 Å². The molecule has 0 amide bonds. The first-order valence-corrected chi connectivity index (χ1v) is 10.2. The van der Waals surface area contributed by atoms with Crippen molar-refractivity contribution in [1.82, 2.24) is 14.6 Å². The quantitative estimate of drug-likeness (QED) is 0.431. The number of ether oxygens (including phenoxy) is 1. The molecule has 0 aliphatic carbocycles. The maximum Gasteiger partial charge on any atom is 0.343 e. The fourth-order valence-corrected chi connectivity index (χ4v) is 3.17. The zero-order valence-corrected chi connectivity index (χ0v) is 18.5. The van der Waals surface area contributed by atoms with Gasteiger partial charge in [0.25, 0.3) is 0 Å². The Hall–Kier alpha value is -2.67. The van der Waals surface area contributed by atoms with Crippen molar-refractivity contribution >= 4 is 29.0 Å². The van der Waals surface area contributed by atoms with E-state index in [1.54, 1.807) is 17.5 Å². The molecule has 0 fully saturated rings. The van der Waals surface area contributed by atoms with Crippen LogP contribution in [0.3, 0.4) is 0 Å². The van der Waals surface area contributed by atoms with Crippen LogP contribution in [0.2, 0.25) is 5.15 Å². The number of benzene rings is 1. The molecule has 0 saturated heterocycles. The third-order valence-electron chi connectivity index (χ3n) is 5.11. The second kappa shape index (κ2) is 8.60. The Balaban J connectivity index is 2.17. The summed E-state index contributed by atoms with van der Waals surface area (Å²) in [6.07, 6.45) is 1.78. The molecule has 30 heavy (non-hydrogen) atoms. The van der Waals surface area contributed by atoms with Gasteiger partial charge in [0.2, 0.25) is 0 Å². The molecule has 0 radical (unpaired) electrons. The van der Waals surface area contributed by atoms with Gasteiger partial charge in [0.05, 0.1) is 12.8 Å². The van der Waals surface area contributed by atoms with E-state index in [9.17, 15) is 9.18 Å². The molecule has 2 aromatic heterocycles. The standard InChI is InChI=1S/C22H26ClFN4O2/c1-6-30-21(29)17-12-25-28-19(26-13(2)22(3,4)5)16(18(23)27-20(17)28)11-14-8-7-9-15(24)10-14/h7-10,12-13,26H,6,11H2,1-5H3/t13-/m0/s1. The number of hydrogen-bond donors (Lipinski definition) is 1. The summed E-state index contributed by atoms with van der Waals surface area (Å²) in [5.74, 6) is -0.213.